The highest BCUT2D eigenvalue weighted by Crippen LogP contribution is 2.33. The lowest BCUT2D eigenvalue weighted by Gasteiger charge is -2.19. The van der Waals surface area contributed by atoms with Crippen LogP contribution in [0.25, 0.3) is 0 Å². The molecule has 0 saturated carbocycles. The molecule has 0 atom stereocenters. The van der Waals surface area contributed by atoms with Gasteiger partial charge in [-0.15, -0.1) is 0 Å². The predicted octanol–water partition coefficient (Wildman–Crippen LogP) is 3.50. The van der Waals surface area contributed by atoms with Crippen molar-refractivity contribution in [2.45, 2.75) is 6.92 Å². The average molecular weight is 352 g/mol. The van der Waals surface area contributed by atoms with E-state index in [2.05, 4.69) is 20.5 Å². The van der Waals surface area contributed by atoms with Gasteiger partial charge in [0, 0.05) is 12.7 Å². The standard InChI is InChI=1S/C17H16N6O3/c1-12-15(23(24)25)16(22(2)13-7-4-3-5-8-13)20-17(19-12)21-18-11-14-9-6-10-26-14/h3-11H,1-2H3,(H,19,20,21)/b18-11+. The average Bonchev–Trinajstić information content (AvgIpc) is 3.14. The minimum atomic E-state index is -0.486. The van der Waals surface area contributed by atoms with Gasteiger partial charge in [0.2, 0.25) is 11.8 Å². The Balaban J connectivity index is 1.95. The number of para-hydroxylation sites is 1. The third-order valence-electron chi connectivity index (χ3n) is 3.58. The van der Waals surface area contributed by atoms with Crippen LogP contribution in [0, 0.1) is 17.0 Å². The molecule has 132 valence electrons. The summed E-state index contributed by atoms with van der Waals surface area (Å²) in [5.41, 5.74) is 3.52. The lowest BCUT2D eigenvalue weighted by molar-refractivity contribution is -0.385. The lowest BCUT2D eigenvalue weighted by atomic mass is 10.2. The number of furan rings is 1. The molecule has 0 spiro atoms. The van der Waals surface area contributed by atoms with Crippen LogP contribution in [0.15, 0.2) is 58.2 Å². The first-order valence-electron chi connectivity index (χ1n) is 7.70. The van der Waals surface area contributed by atoms with Crippen LogP contribution in [0.4, 0.5) is 23.1 Å². The third-order valence-corrected chi connectivity index (χ3v) is 3.58. The SMILES string of the molecule is Cc1nc(N/N=C/c2ccco2)nc(N(C)c2ccccc2)c1[N+](=O)[O-]. The molecule has 2 aromatic heterocycles. The van der Waals surface area contributed by atoms with Gasteiger partial charge in [-0.25, -0.2) is 10.4 Å². The highest BCUT2D eigenvalue weighted by molar-refractivity contribution is 5.76. The van der Waals surface area contributed by atoms with Crippen LogP contribution in [0.2, 0.25) is 0 Å². The summed E-state index contributed by atoms with van der Waals surface area (Å²) in [5, 5.41) is 15.5. The van der Waals surface area contributed by atoms with Crippen LogP contribution in [0.3, 0.4) is 0 Å². The van der Waals surface area contributed by atoms with Crippen molar-refractivity contribution in [2.75, 3.05) is 17.4 Å². The van der Waals surface area contributed by atoms with E-state index in [1.165, 1.54) is 12.5 Å². The third kappa shape index (κ3) is 3.66. The molecule has 0 unspecified atom stereocenters. The molecule has 3 aromatic rings. The molecule has 0 fully saturated rings. The van der Waals surface area contributed by atoms with Gasteiger partial charge >= 0.3 is 5.69 Å². The van der Waals surface area contributed by atoms with Gasteiger partial charge in [0.1, 0.15) is 11.5 Å². The number of hydrazone groups is 1. The summed E-state index contributed by atoms with van der Waals surface area (Å²) >= 11 is 0. The Bertz CT molecular complexity index is 925. The van der Waals surface area contributed by atoms with Gasteiger partial charge in [0.25, 0.3) is 0 Å². The maximum Gasteiger partial charge on any atom is 0.333 e. The Labute approximate surface area is 149 Å². The fraction of sp³-hybridized carbons (Fsp3) is 0.118. The van der Waals surface area contributed by atoms with Gasteiger partial charge in [-0.05, 0) is 31.2 Å². The van der Waals surface area contributed by atoms with Gasteiger partial charge in [0.05, 0.1) is 17.4 Å². The summed E-state index contributed by atoms with van der Waals surface area (Å²) in [7, 11) is 1.71. The second-order valence-corrected chi connectivity index (χ2v) is 5.34. The zero-order chi connectivity index (χ0) is 18.5. The Hall–Kier alpha value is -3.75. The molecule has 1 N–H and O–H groups in total. The summed E-state index contributed by atoms with van der Waals surface area (Å²) in [4.78, 5) is 21.0. The van der Waals surface area contributed by atoms with E-state index in [9.17, 15) is 10.1 Å². The van der Waals surface area contributed by atoms with Crippen molar-refractivity contribution in [1.29, 1.82) is 0 Å². The smallest absolute Gasteiger partial charge is 0.333 e. The molecule has 0 radical (unpaired) electrons. The van der Waals surface area contributed by atoms with E-state index in [4.69, 9.17) is 4.42 Å². The van der Waals surface area contributed by atoms with Crippen molar-refractivity contribution in [3.63, 3.8) is 0 Å². The van der Waals surface area contributed by atoms with Crippen LogP contribution in [0.1, 0.15) is 11.5 Å². The zero-order valence-corrected chi connectivity index (χ0v) is 14.2. The van der Waals surface area contributed by atoms with Crippen LogP contribution in [-0.2, 0) is 0 Å². The molecule has 0 bridgehead atoms. The molecule has 0 aliphatic heterocycles. The molecule has 3 rings (SSSR count). The van der Waals surface area contributed by atoms with Gasteiger partial charge in [0.15, 0.2) is 0 Å². The van der Waals surface area contributed by atoms with E-state index in [1.54, 1.807) is 31.0 Å². The van der Waals surface area contributed by atoms with E-state index in [0.717, 1.165) is 5.69 Å². The molecule has 2 heterocycles. The van der Waals surface area contributed by atoms with Crippen LogP contribution < -0.4 is 10.3 Å². The highest BCUT2D eigenvalue weighted by Gasteiger charge is 2.25. The van der Waals surface area contributed by atoms with Crippen molar-refractivity contribution in [1.82, 2.24) is 9.97 Å². The number of aryl methyl sites for hydroxylation is 1. The number of rotatable bonds is 6. The highest BCUT2D eigenvalue weighted by atomic mass is 16.6. The number of hydrogen-bond acceptors (Lipinski definition) is 8. The summed E-state index contributed by atoms with van der Waals surface area (Å²) in [6.45, 7) is 1.56. The predicted molar refractivity (Wildman–Crippen MR) is 97.9 cm³/mol. The van der Waals surface area contributed by atoms with Crippen LogP contribution in [0.5, 0.6) is 0 Å². The van der Waals surface area contributed by atoms with Crippen molar-refractivity contribution in [3.8, 4) is 0 Å². The molecule has 9 heteroatoms. The monoisotopic (exact) mass is 352 g/mol. The second kappa shape index (κ2) is 7.43. The Kier molecular flexibility index (Phi) is 4.88. The van der Waals surface area contributed by atoms with Crippen molar-refractivity contribution in [3.05, 3.63) is 70.3 Å². The molecular weight excluding hydrogens is 336 g/mol. The minimum absolute atomic E-state index is 0.147. The summed E-state index contributed by atoms with van der Waals surface area (Å²) in [5.74, 6) is 0.871. The van der Waals surface area contributed by atoms with Gasteiger partial charge in [-0.1, -0.05) is 18.2 Å². The number of nitrogens with one attached hydrogen (secondary N) is 1. The molecule has 0 aliphatic rings. The molecule has 0 amide bonds. The quantitative estimate of drug-likeness (QED) is 0.411. The largest absolute Gasteiger partial charge is 0.463 e. The Morgan fingerprint density at radius 2 is 2.00 bits per heavy atom. The van der Waals surface area contributed by atoms with E-state index in [1.807, 2.05) is 30.3 Å². The minimum Gasteiger partial charge on any atom is -0.463 e. The zero-order valence-electron chi connectivity index (χ0n) is 14.2. The molecule has 26 heavy (non-hydrogen) atoms. The van der Waals surface area contributed by atoms with Crippen LogP contribution in [-0.4, -0.2) is 28.2 Å². The first kappa shape index (κ1) is 17.1. The van der Waals surface area contributed by atoms with E-state index < -0.39 is 4.92 Å². The number of benzene rings is 1. The molecule has 9 nitrogen and oxygen atoms in total. The van der Waals surface area contributed by atoms with Crippen molar-refractivity contribution in [2.24, 2.45) is 5.10 Å². The fourth-order valence-corrected chi connectivity index (χ4v) is 2.34. The van der Waals surface area contributed by atoms with E-state index in [-0.39, 0.29) is 23.1 Å². The molecule has 0 aliphatic carbocycles. The molecular formula is C17H16N6O3. The van der Waals surface area contributed by atoms with E-state index >= 15 is 0 Å². The first-order valence-corrected chi connectivity index (χ1v) is 7.70. The van der Waals surface area contributed by atoms with Gasteiger partial charge < -0.3 is 9.32 Å². The number of hydrogen-bond donors (Lipinski definition) is 1. The fourth-order valence-electron chi connectivity index (χ4n) is 2.34. The number of nitro groups is 1. The van der Waals surface area contributed by atoms with Gasteiger partial charge in [-0.3, -0.25) is 10.1 Å². The summed E-state index contributed by atoms with van der Waals surface area (Å²) < 4.78 is 5.14. The van der Waals surface area contributed by atoms with Gasteiger partial charge in [-0.2, -0.15) is 10.1 Å². The summed E-state index contributed by atoms with van der Waals surface area (Å²) in [6, 6.07) is 12.7. The molecule has 0 saturated heterocycles. The Morgan fingerprint density at radius 1 is 1.23 bits per heavy atom. The second-order valence-electron chi connectivity index (χ2n) is 5.34. The maximum absolute atomic E-state index is 11.5. The lowest BCUT2D eigenvalue weighted by Crippen LogP contribution is -2.16. The Morgan fingerprint density at radius 3 is 2.65 bits per heavy atom. The topological polar surface area (TPSA) is 110 Å². The van der Waals surface area contributed by atoms with Crippen molar-refractivity contribution >= 4 is 29.4 Å². The first-order chi connectivity index (χ1) is 12.6. The molecule has 1 aromatic carbocycles. The maximum atomic E-state index is 11.5. The normalized spacial score (nSPS) is 10.8. The number of nitrogens with zero attached hydrogens (tertiary/aromatic N) is 5. The number of anilines is 3. The van der Waals surface area contributed by atoms with Crippen LogP contribution >= 0.6 is 0 Å². The number of aromatic nitrogens is 2. The van der Waals surface area contributed by atoms with E-state index in [0.29, 0.717) is 5.76 Å². The summed E-state index contributed by atoms with van der Waals surface area (Å²) in [6.07, 6.45) is 2.99. The van der Waals surface area contributed by atoms with Crippen molar-refractivity contribution < 1.29 is 9.34 Å².